The number of carbonyl (C=O) groups excluding carboxylic acids is 1. The second-order valence-electron chi connectivity index (χ2n) is 8.20. The summed E-state index contributed by atoms with van der Waals surface area (Å²) in [6.07, 6.45) is 14.2. The Balaban J connectivity index is 2.09. The summed E-state index contributed by atoms with van der Waals surface area (Å²) in [7, 11) is 0. The van der Waals surface area contributed by atoms with Crippen LogP contribution in [0.4, 0.5) is 0 Å². The van der Waals surface area contributed by atoms with Crippen LogP contribution in [0.3, 0.4) is 0 Å². The van der Waals surface area contributed by atoms with Crippen LogP contribution in [0, 0.1) is 0 Å². The van der Waals surface area contributed by atoms with E-state index in [1.165, 1.54) is 25.3 Å². The third kappa shape index (κ3) is 9.90. The van der Waals surface area contributed by atoms with Gasteiger partial charge < -0.3 is 14.6 Å². The van der Waals surface area contributed by atoms with E-state index in [1.807, 2.05) is 44.2 Å². The van der Waals surface area contributed by atoms with Gasteiger partial charge in [0, 0.05) is 6.07 Å². The molecule has 0 aliphatic rings. The van der Waals surface area contributed by atoms with Gasteiger partial charge in [0.15, 0.2) is 12.4 Å². The Labute approximate surface area is 202 Å². The van der Waals surface area contributed by atoms with E-state index >= 15 is 0 Å². The molecule has 0 saturated heterocycles. The summed E-state index contributed by atoms with van der Waals surface area (Å²) in [6.45, 7) is 5.96. The molecule has 1 N–H and O–H groups in total. The molecular formula is C29H34O5. The first-order chi connectivity index (χ1) is 16.4. The molecule has 180 valence electrons. The standard InChI is InChI=1S/C29H34O5/c1-4-5-6-7-8-9-23-10-12-24(13-11-23)14-17-27(30)26-16-15-25(33-19-18-22(2)3)20-28(26)34-21-29(31)32/h8-18,20H,4-7,19,21H2,1-3H3,(H,31,32)/b9-8+,17-14+. The minimum absolute atomic E-state index is 0.176. The number of aliphatic carboxylic acids is 1. The quantitative estimate of drug-likeness (QED) is 0.142. The number of carboxylic acids is 1. The topological polar surface area (TPSA) is 72.8 Å². The lowest BCUT2D eigenvalue weighted by Gasteiger charge is -2.11. The van der Waals surface area contributed by atoms with E-state index in [2.05, 4.69) is 19.1 Å². The number of hydrogen-bond acceptors (Lipinski definition) is 4. The molecule has 0 amide bonds. The first-order valence-corrected chi connectivity index (χ1v) is 11.6. The van der Waals surface area contributed by atoms with Gasteiger partial charge in [-0.15, -0.1) is 0 Å². The van der Waals surface area contributed by atoms with Crippen LogP contribution in [0.2, 0.25) is 0 Å². The fourth-order valence-electron chi connectivity index (χ4n) is 3.07. The lowest BCUT2D eigenvalue weighted by Crippen LogP contribution is -2.12. The molecule has 2 rings (SSSR count). The van der Waals surface area contributed by atoms with E-state index in [0.29, 0.717) is 12.4 Å². The fourth-order valence-corrected chi connectivity index (χ4v) is 3.07. The highest BCUT2D eigenvalue weighted by Crippen LogP contribution is 2.26. The van der Waals surface area contributed by atoms with Crippen LogP contribution in [0.25, 0.3) is 12.2 Å². The molecule has 0 unspecified atom stereocenters. The number of rotatable bonds is 14. The van der Waals surface area contributed by atoms with Gasteiger partial charge in [-0.3, -0.25) is 4.79 Å². The molecule has 0 bridgehead atoms. The van der Waals surface area contributed by atoms with Crippen LogP contribution in [0.15, 0.2) is 66.3 Å². The third-order valence-corrected chi connectivity index (χ3v) is 4.96. The Morgan fingerprint density at radius 1 is 0.941 bits per heavy atom. The highest BCUT2D eigenvalue weighted by atomic mass is 16.5. The van der Waals surface area contributed by atoms with Crippen molar-refractivity contribution in [2.24, 2.45) is 0 Å². The molecule has 0 spiro atoms. The Morgan fingerprint density at radius 3 is 2.29 bits per heavy atom. The van der Waals surface area contributed by atoms with Gasteiger partial charge in [0.2, 0.25) is 0 Å². The van der Waals surface area contributed by atoms with Crippen LogP contribution in [0.1, 0.15) is 67.9 Å². The van der Waals surface area contributed by atoms with Crippen LogP contribution in [0.5, 0.6) is 11.5 Å². The SMILES string of the molecule is CCCCC/C=C/c1ccc(/C=C/C(=O)c2ccc(OCC=C(C)C)cc2OCC(=O)O)cc1. The Kier molecular flexibility index (Phi) is 11.4. The Morgan fingerprint density at radius 2 is 1.65 bits per heavy atom. The van der Waals surface area contributed by atoms with Gasteiger partial charge in [-0.2, -0.15) is 0 Å². The highest BCUT2D eigenvalue weighted by Gasteiger charge is 2.13. The van der Waals surface area contributed by atoms with Crippen LogP contribution >= 0.6 is 0 Å². The van der Waals surface area contributed by atoms with Gasteiger partial charge in [-0.05, 0) is 62.1 Å². The molecule has 34 heavy (non-hydrogen) atoms. The summed E-state index contributed by atoms with van der Waals surface area (Å²) >= 11 is 0. The molecule has 2 aromatic carbocycles. The van der Waals surface area contributed by atoms with Crippen LogP contribution in [-0.4, -0.2) is 30.1 Å². The maximum Gasteiger partial charge on any atom is 0.341 e. The van der Waals surface area contributed by atoms with Crippen molar-refractivity contribution in [3.8, 4) is 11.5 Å². The van der Waals surface area contributed by atoms with Crippen molar-refractivity contribution in [3.63, 3.8) is 0 Å². The number of allylic oxidation sites excluding steroid dienone is 3. The number of carboxylic acid groups (broad SMARTS) is 1. The molecule has 5 nitrogen and oxygen atoms in total. The van der Waals surface area contributed by atoms with Gasteiger partial charge in [-0.1, -0.05) is 67.8 Å². The molecule has 0 aliphatic heterocycles. The van der Waals surface area contributed by atoms with E-state index in [4.69, 9.17) is 14.6 Å². The molecule has 0 heterocycles. The van der Waals surface area contributed by atoms with Gasteiger partial charge >= 0.3 is 5.97 Å². The zero-order valence-corrected chi connectivity index (χ0v) is 20.3. The van der Waals surface area contributed by atoms with Crippen molar-refractivity contribution in [1.29, 1.82) is 0 Å². The van der Waals surface area contributed by atoms with Gasteiger partial charge in [0.1, 0.15) is 18.1 Å². The summed E-state index contributed by atoms with van der Waals surface area (Å²) in [6, 6.07) is 12.8. The van der Waals surface area contributed by atoms with Gasteiger partial charge in [0.25, 0.3) is 0 Å². The molecule has 0 radical (unpaired) electrons. The van der Waals surface area contributed by atoms with Gasteiger partial charge in [0.05, 0.1) is 5.56 Å². The average Bonchev–Trinajstić information content (AvgIpc) is 2.81. The van der Waals surface area contributed by atoms with Crippen molar-refractivity contribution in [3.05, 3.63) is 83.0 Å². The van der Waals surface area contributed by atoms with E-state index in [1.54, 1.807) is 24.3 Å². The molecule has 0 aliphatic carbocycles. The summed E-state index contributed by atoms with van der Waals surface area (Å²) in [5.74, 6) is -0.729. The normalized spacial score (nSPS) is 11.0. The molecule has 0 aromatic heterocycles. The third-order valence-electron chi connectivity index (χ3n) is 4.96. The summed E-state index contributed by atoms with van der Waals surface area (Å²) < 4.78 is 11.0. The summed E-state index contributed by atoms with van der Waals surface area (Å²) in [5, 5.41) is 8.97. The van der Waals surface area contributed by atoms with Crippen LogP contribution < -0.4 is 9.47 Å². The van der Waals surface area contributed by atoms with E-state index in [-0.39, 0.29) is 17.1 Å². The van der Waals surface area contributed by atoms with Gasteiger partial charge in [-0.25, -0.2) is 4.79 Å². The Bertz CT molecular complexity index is 1020. The average molecular weight is 463 g/mol. The summed E-state index contributed by atoms with van der Waals surface area (Å²) in [5.41, 5.74) is 3.41. The number of unbranched alkanes of at least 4 members (excludes halogenated alkanes) is 3. The molecule has 0 saturated carbocycles. The largest absolute Gasteiger partial charge is 0.489 e. The van der Waals surface area contributed by atoms with E-state index in [0.717, 1.165) is 23.1 Å². The van der Waals surface area contributed by atoms with Crippen molar-refractivity contribution in [2.75, 3.05) is 13.2 Å². The maximum atomic E-state index is 12.8. The Hall–Kier alpha value is -3.60. The molecule has 2 aromatic rings. The zero-order chi connectivity index (χ0) is 24.8. The first kappa shape index (κ1) is 26.7. The first-order valence-electron chi connectivity index (χ1n) is 11.6. The lowest BCUT2D eigenvalue weighted by molar-refractivity contribution is -0.139. The molecule has 5 heteroatoms. The van der Waals surface area contributed by atoms with E-state index in [9.17, 15) is 9.59 Å². The zero-order valence-electron chi connectivity index (χ0n) is 20.3. The predicted octanol–water partition coefficient (Wildman–Crippen LogP) is 6.98. The number of benzene rings is 2. The van der Waals surface area contributed by atoms with Crippen LogP contribution in [-0.2, 0) is 4.79 Å². The minimum Gasteiger partial charge on any atom is -0.489 e. The van der Waals surface area contributed by atoms with Crippen molar-refractivity contribution in [1.82, 2.24) is 0 Å². The van der Waals surface area contributed by atoms with Crippen molar-refractivity contribution in [2.45, 2.75) is 46.5 Å². The smallest absolute Gasteiger partial charge is 0.341 e. The number of hydrogen-bond donors (Lipinski definition) is 1. The number of ketones is 1. The number of carbonyl (C=O) groups is 2. The predicted molar refractivity (Wildman–Crippen MR) is 137 cm³/mol. The van der Waals surface area contributed by atoms with Crippen molar-refractivity contribution >= 4 is 23.9 Å². The fraction of sp³-hybridized carbons (Fsp3) is 0.310. The maximum absolute atomic E-state index is 12.8. The molecular weight excluding hydrogens is 428 g/mol. The lowest BCUT2D eigenvalue weighted by atomic mass is 10.1. The van der Waals surface area contributed by atoms with Crippen molar-refractivity contribution < 1.29 is 24.2 Å². The monoisotopic (exact) mass is 462 g/mol. The number of ether oxygens (including phenoxy) is 2. The molecule has 0 atom stereocenters. The second kappa shape index (κ2) is 14.5. The second-order valence-corrected chi connectivity index (χ2v) is 8.20. The minimum atomic E-state index is -1.12. The molecule has 0 fully saturated rings. The van der Waals surface area contributed by atoms with E-state index < -0.39 is 12.6 Å². The highest BCUT2D eigenvalue weighted by molar-refractivity contribution is 6.08. The summed E-state index contributed by atoms with van der Waals surface area (Å²) in [4.78, 5) is 23.8.